The lowest BCUT2D eigenvalue weighted by molar-refractivity contribution is -0.321. The molecule has 0 aromatic carbocycles. The minimum Gasteiger partial charge on any atom is -0.349 e. The first-order valence-corrected chi connectivity index (χ1v) is 5.26. The Morgan fingerprint density at radius 1 is 1.07 bits per heavy atom. The Bertz CT molecular complexity index is 247. The van der Waals surface area contributed by atoms with Crippen molar-refractivity contribution in [3.63, 3.8) is 0 Å². The number of hydrogen-bond donors (Lipinski definition) is 0. The largest absolute Gasteiger partial charge is 0.349 e. The van der Waals surface area contributed by atoms with E-state index >= 15 is 0 Å². The average Bonchev–Trinajstić information content (AvgIpc) is 2.29. The lowest BCUT2D eigenvalue weighted by atomic mass is 9.97. The first-order chi connectivity index (χ1) is 7.36. The van der Waals surface area contributed by atoms with Crippen molar-refractivity contribution in [3.05, 3.63) is 0 Å². The molecule has 0 bridgehead atoms. The van der Waals surface area contributed by atoms with E-state index in [1.165, 1.54) is 0 Å². The van der Waals surface area contributed by atoms with E-state index in [1.807, 2.05) is 0 Å². The minimum atomic E-state index is -0.0894. The molecule has 0 saturated carbocycles. The van der Waals surface area contributed by atoms with Crippen molar-refractivity contribution in [3.8, 4) is 12.3 Å². The van der Waals surface area contributed by atoms with Gasteiger partial charge in [-0.05, 0) is 6.42 Å². The van der Waals surface area contributed by atoms with Crippen LogP contribution in [0.3, 0.4) is 0 Å². The molecule has 15 heavy (non-hydrogen) atoms. The van der Waals surface area contributed by atoms with Crippen molar-refractivity contribution >= 4 is 0 Å². The maximum Gasteiger partial charge on any atom is 0.147 e. The molecule has 0 amide bonds. The fourth-order valence-electron chi connectivity index (χ4n) is 2.07. The van der Waals surface area contributed by atoms with Crippen molar-refractivity contribution in [1.29, 1.82) is 0 Å². The van der Waals surface area contributed by atoms with Gasteiger partial charge in [-0.1, -0.05) is 6.92 Å². The van der Waals surface area contributed by atoms with Gasteiger partial charge in [0.25, 0.3) is 0 Å². The number of ether oxygens (including phenoxy) is 4. The number of rotatable bonds is 2. The topological polar surface area (TPSA) is 36.9 Å². The van der Waals surface area contributed by atoms with Crippen LogP contribution < -0.4 is 0 Å². The number of fused-ring (bicyclic) bond motifs is 1. The molecule has 4 heteroatoms. The third kappa shape index (κ3) is 2.16. The zero-order valence-electron chi connectivity index (χ0n) is 8.85. The molecule has 2 aliphatic rings. The lowest BCUT2D eigenvalue weighted by Crippen LogP contribution is -2.56. The molecule has 0 unspecified atom stereocenters. The molecule has 4 nitrogen and oxygen atoms in total. The van der Waals surface area contributed by atoms with Gasteiger partial charge in [-0.15, -0.1) is 12.3 Å². The molecule has 0 N–H and O–H groups in total. The zero-order chi connectivity index (χ0) is 10.7. The third-order valence-electron chi connectivity index (χ3n) is 2.86. The van der Waals surface area contributed by atoms with E-state index in [9.17, 15) is 0 Å². The fraction of sp³-hybridized carbons (Fsp3) is 0.818. The molecule has 2 rings (SSSR count). The van der Waals surface area contributed by atoms with E-state index in [4.69, 9.17) is 25.4 Å². The normalized spacial score (nSPS) is 40.5. The molecule has 2 heterocycles. The summed E-state index contributed by atoms with van der Waals surface area (Å²) < 4.78 is 21.9. The summed E-state index contributed by atoms with van der Waals surface area (Å²) in [5, 5.41) is 0. The Balaban J connectivity index is 2.05. The van der Waals surface area contributed by atoms with Crippen LogP contribution in [0.4, 0.5) is 0 Å². The second-order valence-corrected chi connectivity index (χ2v) is 3.73. The van der Waals surface area contributed by atoms with E-state index in [2.05, 4.69) is 12.8 Å². The van der Waals surface area contributed by atoms with Gasteiger partial charge < -0.3 is 18.9 Å². The van der Waals surface area contributed by atoms with Crippen LogP contribution in [-0.2, 0) is 18.9 Å². The van der Waals surface area contributed by atoms with Crippen LogP contribution in [0.2, 0.25) is 0 Å². The standard InChI is InChI=1S/C11H16O4/c1-3-5-9-11-10(14-7-13-9)8(4-2)12-6-15-11/h1,8-11H,4-7H2,2H3/t8-,9-,10-,11-/m1/s1. The molecular weight excluding hydrogens is 196 g/mol. The summed E-state index contributed by atoms with van der Waals surface area (Å²) in [7, 11) is 0. The molecular formula is C11H16O4. The molecule has 0 aromatic heterocycles. The van der Waals surface area contributed by atoms with E-state index in [0.29, 0.717) is 13.2 Å². The monoisotopic (exact) mass is 212 g/mol. The highest BCUT2D eigenvalue weighted by Gasteiger charge is 2.43. The van der Waals surface area contributed by atoms with E-state index in [-0.39, 0.29) is 31.2 Å². The van der Waals surface area contributed by atoms with Crippen LogP contribution in [-0.4, -0.2) is 38.0 Å². The molecule has 0 aromatic rings. The number of hydrogen-bond acceptors (Lipinski definition) is 4. The van der Waals surface area contributed by atoms with Gasteiger partial charge in [-0.2, -0.15) is 0 Å². The third-order valence-corrected chi connectivity index (χ3v) is 2.86. The molecule has 2 aliphatic heterocycles. The van der Waals surface area contributed by atoms with Crippen LogP contribution in [0.5, 0.6) is 0 Å². The van der Waals surface area contributed by atoms with Gasteiger partial charge in [0.05, 0.1) is 6.10 Å². The second-order valence-electron chi connectivity index (χ2n) is 3.73. The maximum absolute atomic E-state index is 5.52. The van der Waals surface area contributed by atoms with Crippen LogP contribution in [0.1, 0.15) is 19.8 Å². The molecule has 0 spiro atoms. The van der Waals surface area contributed by atoms with E-state index in [0.717, 1.165) is 6.42 Å². The van der Waals surface area contributed by atoms with E-state index < -0.39 is 0 Å². The Hall–Kier alpha value is -0.600. The van der Waals surface area contributed by atoms with Gasteiger partial charge in [-0.25, -0.2) is 0 Å². The summed E-state index contributed by atoms with van der Waals surface area (Å²) in [6, 6.07) is 0. The predicted molar refractivity (Wildman–Crippen MR) is 53.0 cm³/mol. The quantitative estimate of drug-likeness (QED) is 0.637. The smallest absolute Gasteiger partial charge is 0.147 e. The van der Waals surface area contributed by atoms with Crippen molar-refractivity contribution in [2.24, 2.45) is 0 Å². The van der Waals surface area contributed by atoms with Crippen LogP contribution in [0, 0.1) is 12.3 Å². The summed E-state index contributed by atoms with van der Waals surface area (Å²) >= 11 is 0. The highest BCUT2D eigenvalue weighted by molar-refractivity contribution is 4.96. The van der Waals surface area contributed by atoms with Gasteiger partial charge in [0.2, 0.25) is 0 Å². The van der Waals surface area contributed by atoms with Crippen LogP contribution >= 0.6 is 0 Å². The molecule has 0 aliphatic carbocycles. The molecule has 0 radical (unpaired) electrons. The minimum absolute atomic E-state index is 0.0455. The van der Waals surface area contributed by atoms with Crippen LogP contribution in [0.25, 0.3) is 0 Å². The van der Waals surface area contributed by atoms with Gasteiger partial charge in [-0.3, -0.25) is 0 Å². The first kappa shape index (κ1) is 10.9. The van der Waals surface area contributed by atoms with Gasteiger partial charge in [0.1, 0.15) is 31.9 Å². The number of terminal acetylenes is 1. The summed E-state index contributed by atoms with van der Waals surface area (Å²) in [5.41, 5.74) is 0. The predicted octanol–water partition coefficient (Wildman–Crippen LogP) is 0.903. The van der Waals surface area contributed by atoms with Gasteiger partial charge in [0.15, 0.2) is 0 Å². The van der Waals surface area contributed by atoms with Crippen molar-refractivity contribution in [2.45, 2.75) is 44.2 Å². The van der Waals surface area contributed by atoms with E-state index in [1.54, 1.807) is 0 Å². The average molecular weight is 212 g/mol. The van der Waals surface area contributed by atoms with Crippen LogP contribution in [0.15, 0.2) is 0 Å². The maximum atomic E-state index is 5.52. The SMILES string of the molecule is C#CC[C@H]1OCO[C@H]2[C@@H]1OCO[C@@H]2CC. The van der Waals surface area contributed by atoms with Crippen molar-refractivity contribution in [1.82, 2.24) is 0 Å². The highest BCUT2D eigenvalue weighted by atomic mass is 16.8. The fourth-order valence-corrected chi connectivity index (χ4v) is 2.07. The Morgan fingerprint density at radius 2 is 1.67 bits per heavy atom. The molecule has 2 saturated heterocycles. The van der Waals surface area contributed by atoms with Crippen molar-refractivity contribution < 1.29 is 18.9 Å². The molecule has 2 fully saturated rings. The second kappa shape index (κ2) is 4.95. The molecule has 4 atom stereocenters. The summed E-state index contributed by atoms with van der Waals surface area (Å²) in [5.74, 6) is 2.60. The summed E-state index contributed by atoms with van der Waals surface area (Å²) in [6.45, 7) is 2.65. The highest BCUT2D eigenvalue weighted by Crippen LogP contribution is 2.28. The summed E-state index contributed by atoms with van der Waals surface area (Å²) in [6.07, 6.45) is 6.65. The Labute approximate surface area is 89.8 Å². The Morgan fingerprint density at radius 3 is 2.27 bits per heavy atom. The zero-order valence-corrected chi connectivity index (χ0v) is 8.85. The first-order valence-electron chi connectivity index (χ1n) is 5.26. The summed E-state index contributed by atoms with van der Waals surface area (Å²) in [4.78, 5) is 0. The van der Waals surface area contributed by atoms with Crippen molar-refractivity contribution in [2.75, 3.05) is 13.6 Å². The van der Waals surface area contributed by atoms with Gasteiger partial charge >= 0.3 is 0 Å². The Kier molecular flexibility index (Phi) is 3.60. The lowest BCUT2D eigenvalue weighted by Gasteiger charge is -2.43. The molecule has 84 valence electrons. The van der Waals surface area contributed by atoms with Gasteiger partial charge in [0, 0.05) is 6.42 Å².